The predicted octanol–water partition coefficient (Wildman–Crippen LogP) is 1.37. The van der Waals surface area contributed by atoms with Crippen molar-refractivity contribution in [2.75, 3.05) is 19.6 Å². The number of fused-ring (bicyclic) bond motifs is 1. The minimum atomic E-state index is -1.88. The number of halogens is 1. The van der Waals surface area contributed by atoms with Crippen LogP contribution in [0.5, 0.6) is 0 Å². The van der Waals surface area contributed by atoms with E-state index >= 15 is 0 Å². The summed E-state index contributed by atoms with van der Waals surface area (Å²) in [6.45, 7) is -0.673. The fourth-order valence-corrected chi connectivity index (χ4v) is 2.79. The van der Waals surface area contributed by atoms with Gasteiger partial charge < -0.3 is 10.0 Å². The van der Waals surface area contributed by atoms with Crippen molar-refractivity contribution in [3.8, 4) is 0 Å². The van der Waals surface area contributed by atoms with Crippen LogP contribution in [0.3, 0.4) is 0 Å². The third kappa shape index (κ3) is 2.14. The lowest BCUT2D eigenvalue weighted by Gasteiger charge is -2.24. The highest BCUT2D eigenvalue weighted by Crippen LogP contribution is 2.30. The Bertz CT molecular complexity index is 613. The van der Waals surface area contributed by atoms with Gasteiger partial charge in [0.25, 0.3) is 11.8 Å². The normalized spacial score (nSPS) is 24.6. The van der Waals surface area contributed by atoms with Gasteiger partial charge in [-0.15, -0.1) is 0 Å². The number of likely N-dealkylation sites (tertiary alicyclic amines) is 1. The van der Waals surface area contributed by atoms with Crippen molar-refractivity contribution in [3.63, 3.8) is 0 Å². The lowest BCUT2D eigenvalue weighted by Crippen LogP contribution is -2.45. The summed E-state index contributed by atoms with van der Waals surface area (Å²) in [5, 5.41) is 8.86. The second-order valence-corrected chi connectivity index (χ2v) is 5.35. The van der Waals surface area contributed by atoms with Crippen LogP contribution in [-0.2, 0) is 0 Å². The Kier molecular flexibility index (Phi) is 2.93. The molecule has 0 bridgehead atoms. The topological polar surface area (TPSA) is 77.9 Å². The number of benzene rings is 1. The van der Waals surface area contributed by atoms with E-state index in [-0.39, 0.29) is 30.6 Å². The fourth-order valence-electron chi connectivity index (χ4n) is 2.79. The first-order valence-corrected chi connectivity index (χ1v) is 6.53. The molecular weight excluding hydrogens is 279 g/mol. The van der Waals surface area contributed by atoms with Crippen LogP contribution in [0.25, 0.3) is 0 Å². The molecule has 2 aliphatic heterocycles. The van der Waals surface area contributed by atoms with Gasteiger partial charge in [-0.05, 0) is 12.1 Å². The molecule has 1 aromatic carbocycles. The summed E-state index contributed by atoms with van der Waals surface area (Å²) in [5.74, 6) is -1.05. The Balaban J connectivity index is 1.80. The largest absolute Gasteiger partial charge is 0.465 e. The highest BCUT2D eigenvalue weighted by molar-refractivity contribution is 6.21. The van der Waals surface area contributed by atoms with E-state index in [2.05, 4.69) is 0 Å². The fraction of sp³-hybridized carbons (Fsp3) is 0.357. The van der Waals surface area contributed by atoms with Crippen LogP contribution in [0.1, 0.15) is 27.1 Å². The van der Waals surface area contributed by atoms with Gasteiger partial charge in [0.15, 0.2) is 0 Å². The molecule has 0 saturated carbocycles. The van der Waals surface area contributed by atoms with Gasteiger partial charge in [0.2, 0.25) is 0 Å². The standard InChI is InChI=1S/C14H13FN2O4/c15-14(5-6-16(7-14)13(20)21)8-17-11(18)9-3-1-2-4-10(9)12(17)19/h1-4H,5-8H2,(H,20,21). The molecule has 1 aromatic rings. The first-order valence-electron chi connectivity index (χ1n) is 6.53. The molecule has 2 heterocycles. The molecule has 21 heavy (non-hydrogen) atoms. The number of rotatable bonds is 2. The summed E-state index contributed by atoms with van der Waals surface area (Å²) in [5.41, 5.74) is -1.36. The maximum absolute atomic E-state index is 14.7. The van der Waals surface area contributed by atoms with Crippen molar-refractivity contribution in [1.29, 1.82) is 0 Å². The zero-order valence-electron chi connectivity index (χ0n) is 11.1. The maximum atomic E-state index is 14.7. The molecule has 110 valence electrons. The van der Waals surface area contributed by atoms with Gasteiger partial charge in [-0.1, -0.05) is 12.1 Å². The summed E-state index contributed by atoms with van der Waals surface area (Å²) in [6.07, 6.45) is -1.22. The molecular formula is C14H13FN2O4. The maximum Gasteiger partial charge on any atom is 0.407 e. The minimum Gasteiger partial charge on any atom is -0.465 e. The SMILES string of the molecule is O=C(O)N1CCC(F)(CN2C(=O)c3ccccc3C2=O)C1. The third-order valence-corrected chi connectivity index (χ3v) is 3.89. The Morgan fingerprint density at radius 2 is 1.81 bits per heavy atom. The van der Waals surface area contributed by atoms with Crippen LogP contribution >= 0.6 is 0 Å². The molecule has 0 spiro atoms. The summed E-state index contributed by atoms with van der Waals surface area (Å²) < 4.78 is 14.7. The molecule has 1 unspecified atom stereocenters. The summed E-state index contributed by atoms with van der Waals surface area (Å²) in [7, 11) is 0. The molecule has 3 amide bonds. The van der Waals surface area contributed by atoms with Crippen LogP contribution in [0, 0.1) is 0 Å². The van der Waals surface area contributed by atoms with Gasteiger partial charge in [-0.25, -0.2) is 9.18 Å². The molecule has 1 saturated heterocycles. The van der Waals surface area contributed by atoms with Crippen molar-refractivity contribution in [2.24, 2.45) is 0 Å². The second-order valence-electron chi connectivity index (χ2n) is 5.35. The number of nitrogens with zero attached hydrogens (tertiary/aromatic N) is 2. The van der Waals surface area contributed by atoms with Crippen molar-refractivity contribution < 1.29 is 23.9 Å². The Hall–Kier alpha value is -2.44. The lowest BCUT2D eigenvalue weighted by molar-refractivity contribution is 0.0508. The van der Waals surface area contributed by atoms with Crippen LogP contribution < -0.4 is 0 Å². The van der Waals surface area contributed by atoms with Gasteiger partial charge in [0.1, 0.15) is 5.67 Å². The van der Waals surface area contributed by atoms with Crippen LogP contribution in [0.4, 0.5) is 9.18 Å². The summed E-state index contributed by atoms with van der Waals surface area (Å²) in [6, 6.07) is 6.33. The van der Waals surface area contributed by atoms with E-state index < -0.39 is 30.1 Å². The van der Waals surface area contributed by atoms with Crippen molar-refractivity contribution in [3.05, 3.63) is 35.4 Å². The zero-order valence-corrected chi connectivity index (χ0v) is 11.1. The van der Waals surface area contributed by atoms with E-state index in [1.165, 1.54) is 12.1 Å². The average molecular weight is 292 g/mol. The average Bonchev–Trinajstić information content (AvgIpc) is 2.95. The molecule has 2 aliphatic rings. The first-order chi connectivity index (χ1) is 9.91. The number of hydrogen-bond donors (Lipinski definition) is 1. The van der Waals surface area contributed by atoms with E-state index in [9.17, 15) is 18.8 Å². The predicted molar refractivity (Wildman–Crippen MR) is 69.9 cm³/mol. The highest BCUT2D eigenvalue weighted by Gasteiger charge is 2.46. The van der Waals surface area contributed by atoms with E-state index in [1.807, 2.05) is 0 Å². The highest BCUT2D eigenvalue weighted by atomic mass is 19.1. The number of alkyl halides is 1. The van der Waals surface area contributed by atoms with E-state index in [0.29, 0.717) is 0 Å². The second kappa shape index (κ2) is 4.54. The number of carbonyl (C=O) groups is 3. The number of carbonyl (C=O) groups excluding carboxylic acids is 2. The van der Waals surface area contributed by atoms with Crippen molar-refractivity contribution in [1.82, 2.24) is 9.80 Å². The molecule has 0 aromatic heterocycles. The van der Waals surface area contributed by atoms with E-state index in [1.54, 1.807) is 12.1 Å². The number of carboxylic acid groups (broad SMARTS) is 1. The summed E-state index contributed by atoms with van der Waals surface area (Å²) in [4.78, 5) is 37.0. The monoisotopic (exact) mass is 292 g/mol. The summed E-state index contributed by atoms with van der Waals surface area (Å²) >= 11 is 0. The van der Waals surface area contributed by atoms with Gasteiger partial charge >= 0.3 is 6.09 Å². The van der Waals surface area contributed by atoms with Crippen LogP contribution in [-0.4, -0.2) is 58.1 Å². The van der Waals surface area contributed by atoms with Crippen molar-refractivity contribution in [2.45, 2.75) is 12.1 Å². The molecule has 7 heteroatoms. The molecule has 1 atom stereocenters. The van der Waals surface area contributed by atoms with E-state index in [0.717, 1.165) is 9.80 Å². The van der Waals surface area contributed by atoms with E-state index in [4.69, 9.17) is 5.11 Å². The quantitative estimate of drug-likeness (QED) is 0.835. The minimum absolute atomic E-state index is 0.0211. The Morgan fingerprint density at radius 1 is 1.24 bits per heavy atom. The smallest absolute Gasteiger partial charge is 0.407 e. The molecule has 1 fully saturated rings. The molecule has 0 radical (unpaired) electrons. The first kappa shape index (κ1) is 13.5. The van der Waals surface area contributed by atoms with Gasteiger partial charge in [0.05, 0.1) is 24.2 Å². The Labute approximate surface area is 119 Å². The Morgan fingerprint density at radius 3 is 2.29 bits per heavy atom. The number of hydrogen-bond acceptors (Lipinski definition) is 3. The third-order valence-electron chi connectivity index (χ3n) is 3.89. The van der Waals surface area contributed by atoms with Crippen molar-refractivity contribution >= 4 is 17.9 Å². The molecule has 0 aliphatic carbocycles. The molecule has 6 nitrogen and oxygen atoms in total. The van der Waals surface area contributed by atoms with Crippen LogP contribution in [0.15, 0.2) is 24.3 Å². The van der Waals surface area contributed by atoms with Gasteiger partial charge in [0, 0.05) is 13.0 Å². The lowest BCUT2D eigenvalue weighted by atomic mass is 10.1. The van der Waals surface area contributed by atoms with Gasteiger partial charge in [-0.3, -0.25) is 14.5 Å². The number of imide groups is 1. The number of amides is 3. The van der Waals surface area contributed by atoms with Gasteiger partial charge in [-0.2, -0.15) is 0 Å². The molecule has 1 N–H and O–H groups in total. The molecule has 3 rings (SSSR count). The zero-order chi connectivity index (χ0) is 15.2. The van der Waals surface area contributed by atoms with Crippen LogP contribution in [0.2, 0.25) is 0 Å².